The monoisotopic (exact) mass is 424 g/mol. The third-order valence-electron chi connectivity index (χ3n) is 4.70. The summed E-state index contributed by atoms with van der Waals surface area (Å²) >= 11 is 6.03. The van der Waals surface area contributed by atoms with Gasteiger partial charge in [0.2, 0.25) is 5.95 Å². The largest absolute Gasteiger partial charge is 0.457 e. The lowest BCUT2D eigenvalue weighted by atomic mass is 10.2. The molecule has 0 aliphatic heterocycles. The summed E-state index contributed by atoms with van der Waals surface area (Å²) in [6.07, 6.45) is 2.41. The summed E-state index contributed by atoms with van der Waals surface area (Å²) in [5.74, 6) is 1.97. The van der Waals surface area contributed by atoms with Crippen LogP contribution in [0.15, 0.2) is 67.0 Å². The summed E-state index contributed by atoms with van der Waals surface area (Å²) in [7, 11) is 1.91. The fourth-order valence-electron chi connectivity index (χ4n) is 3.21. The van der Waals surface area contributed by atoms with E-state index in [-0.39, 0.29) is 13.2 Å². The van der Waals surface area contributed by atoms with E-state index in [0.29, 0.717) is 22.5 Å². The van der Waals surface area contributed by atoms with E-state index in [1.165, 1.54) is 0 Å². The Balaban J connectivity index is 1.72. The molecule has 1 unspecified atom stereocenters. The van der Waals surface area contributed by atoms with E-state index in [1.807, 2.05) is 46.8 Å². The third kappa shape index (κ3) is 4.23. The lowest BCUT2D eigenvalue weighted by Gasteiger charge is -2.25. The van der Waals surface area contributed by atoms with Crippen molar-refractivity contribution < 1.29 is 14.9 Å². The lowest BCUT2D eigenvalue weighted by Crippen LogP contribution is -2.32. The van der Waals surface area contributed by atoms with Gasteiger partial charge in [0.1, 0.15) is 11.5 Å². The number of aromatic nitrogens is 3. The van der Waals surface area contributed by atoms with Crippen LogP contribution in [0.4, 0.5) is 11.6 Å². The Kier molecular flexibility index (Phi) is 5.85. The molecule has 2 heterocycles. The second kappa shape index (κ2) is 8.71. The number of aliphatic hydroxyl groups is 2. The molecule has 4 aromatic rings. The minimum absolute atomic E-state index is 0.176. The van der Waals surface area contributed by atoms with Crippen LogP contribution in [0.25, 0.3) is 11.0 Å². The topological polar surface area (TPSA) is 83.6 Å². The SMILES string of the molecule is Cn1c(N(CC(O)CO)c2ccc(Cl)cc2)nc2cc(Oc3ccncc3)ccc21. The molecule has 0 aliphatic rings. The van der Waals surface area contributed by atoms with Crippen molar-refractivity contribution in [3.05, 3.63) is 72.0 Å². The summed E-state index contributed by atoms with van der Waals surface area (Å²) in [6, 6.07) is 16.5. The molecule has 2 aromatic heterocycles. The number of imidazole rings is 1. The second-order valence-corrected chi connectivity index (χ2v) is 7.27. The Hall–Kier alpha value is -3.13. The summed E-state index contributed by atoms with van der Waals surface area (Å²) in [6.45, 7) is -0.173. The molecule has 4 rings (SSSR count). The highest BCUT2D eigenvalue weighted by Crippen LogP contribution is 2.31. The smallest absolute Gasteiger partial charge is 0.210 e. The number of ether oxygens (including phenoxy) is 1. The van der Waals surface area contributed by atoms with Crippen molar-refractivity contribution in [3.63, 3.8) is 0 Å². The van der Waals surface area contributed by atoms with E-state index in [9.17, 15) is 10.2 Å². The van der Waals surface area contributed by atoms with Gasteiger partial charge in [-0.2, -0.15) is 0 Å². The van der Waals surface area contributed by atoms with Crippen LogP contribution in [0.1, 0.15) is 0 Å². The zero-order valence-corrected chi connectivity index (χ0v) is 17.1. The average molecular weight is 425 g/mol. The van der Waals surface area contributed by atoms with Crippen molar-refractivity contribution in [1.29, 1.82) is 0 Å². The number of nitrogens with zero attached hydrogens (tertiary/aromatic N) is 4. The van der Waals surface area contributed by atoms with Crippen LogP contribution in [-0.2, 0) is 7.05 Å². The van der Waals surface area contributed by atoms with Gasteiger partial charge in [0, 0.05) is 36.2 Å². The fourth-order valence-corrected chi connectivity index (χ4v) is 3.33. The molecule has 154 valence electrons. The molecule has 1 atom stereocenters. The number of rotatable bonds is 7. The van der Waals surface area contributed by atoms with Gasteiger partial charge >= 0.3 is 0 Å². The summed E-state index contributed by atoms with van der Waals surface area (Å²) in [5.41, 5.74) is 2.46. The molecule has 0 saturated carbocycles. The molecule has 8 heteroatoms. The molecule has 0 aliphatic carbocycles. The van der Waals surface area contributed by atoms with Gasteiger partial charge in [0.15, 0.2) is 0 Å². The number of fused-ring (bicyclic) bond motifs is 1. The van der Waals surface area contributed by atoms with Crippen molar-refractivity contribution in [3.8, 4) is 11.5 Å². The fraction of sp³-hybridized carbons (Fsp3) is 0.182. The Labute approximate surface area is 178 Å². The predicted molar refractivity (Wildman–Crippen MR) is 117 cm³/mol. The molecule has 0 bridgehead atoms. The van der Waals surface area contributed by atoms with E-state index in [2.05, 4.69) is 4.98 Å². The van der Waals surface area contributed by atoms with Crippen molar-refractivity contribution in [2.45, 2.75) is 6.10 Å². The molecule has 30 heavy (non-hydrogen) atoms. The molecule has 0 saturated heterocycles. The highest BCUT2D eigenvalue weighted by Gasteiger charge is 2.20. The van der Waals surface area contributed by atoms with Gasteiger partial charge in [-0.3, -0.25) is 4.98 Å². The van der Waals surface area contributed by atoms with E-state index in [0.717, 1.165) is 16.7 Å². The highest BCUT2D eigenvalue weighted by atomic mass is 35.5. The first kappa shape index (κ1) is 20.2. The van der Waals surface area contributed by atoms with Crippen LogP contribution in [0.3, 0.4) is 0 Å². The number of halogens is 1. The van der Waals surface area contributed by atoms with Gasteiger partial charge in [0.05, 0.1) is 30.3 Å². The van der Waals surface area contributed by atoms with E-state index in [1.54, 1.807) is 36.7 Å². The van der Waals surface area contributed by atoms with E-state index in [4.69, 9.17) is 21.3 Å². The Bertz CT molecular complexity index is 1130. The second-order valence-electron chi connectivity index (χ2n) is 6.83. The Morgan fingerprint density at radius 3 is 2.50 bits per heavy atom. The van der Waals surface area contributed by atoms with Gasteiger partial charge in [-0.15, -0.1) is 0 Å². The van der Waals surface area contributed by atoms with E-state index < -0.39 is 6.10 Å². The lowest BCUT2D eigenvalue weighted by molar-refractivity contribution is 0.101. The normalized spacial score (nSPS) is 12.1. The summed E-state index contributed by atoms with van der Waals surface area (Å²) in [4.78, 5) is 10.6. The number of aliphatic hydroxyl groups excluding tert-OH is 2. The molecular weight excluding hydrogens is 404 g/mol. The maximum Gasteiger partial charge on any atom is 0.210 e. The molecule has 2 N–H and O–H groups in total. The van der Waals surface area contributed by atoms with Crippen molar-refractivity contribution in [2.75, 3.05) is 18.1 Å². The van der Waals surface area contributed by atoms with E-state index >= 15 is 0 Å². The maximum atomic E-state index is 10.1. The number of hydrogen-bond donors (Lipinski definition) is 2. The van der Waals surface area contributed by atoms with Crippen molar-refractivity contribution in [1.82, 2.24) is 14.5 Å². The zero-order chi connectivity index (χ0) is 21.1. The Morgan fingerprint density at radius 1 is 1.07 bits per heavy atom. The van der Waals surface area contributed by atoms with Crippen LogP contribution >= 0.6 is 11.6 Å². The van der Waals surface area contributed by atoms with Crippen LogP contribution in [0.5, 0.6) is 11.5 Å². The molecule has 0 spiro atoms. The zero-order valence-electron chi connectivity index (χ0n) is 16.3. The average Bonchev–Trinajstić information content (AvgIpc) is 3.09. The van der Waals surface area contributed by atoms with Crippen molar-refractivity contribution >= 4 is 34.3 Å². The number of pyridine rings is 1. The molecule has 0 radical (unpaired) electrons. The first-order valence-electron chi connectivity index (χ1n) is 9.41. The molecule has 0 fully saturated rings. The standard InChI is InChI=1S/C22H21ClN4O3/c1-26-21-7-6-19(30-18-8-10-24-11-9-18)12-20(21)25-22(26)27(13-17(29)14-28)16-4-2-15(23)3-5-16/h2-12,17,28-29H,13-14H2,1H3. The van der Waals surface area contributed by atoms with Gasteiger partial charge < -0.3 is 24.4 Å². The summed E-state index contributed by atoms with van der Waals surface area (Å²) in [5, 5.41) is 20.1. The maximum absolute atomic E-state index is 10.1. The quantitative estimate of drug-likeness (QED) is 0.468. The predicted octanol–water partition coefficient (Wildman–Crippen LogP) is 3.91. The van der Waals surface area contributed by atoms with Crippen LogP contribution in [-0.4, -0.2) is 44.0 Å². The number of anilines is 2. The van der Waals surface area contributed by atoms with Gasteiger partial charge in [0.25, 0.3) is 0 Å². The van der Waals surface area contributed by atoms with Gasteiger partial charge in [-0.05, 0) is 48.5 Å². The minimum Gasteiger partial charge on any atom is -0.457 e. The summed E-state index contributed by atoms with van der Waals surface area (Å²) < 4.78 is 7.82. The van der Waals surface area contributed by atoms with Gasteiger partial charge in [-0.1, -0.05) is 11.6 Å². The first-order valence-corrected chi connectivity index (χ1v) is 9.79. The molecule has 2 aromatic carbocycles. The molecular formula is C22H21ClN4O3. The molecule has 7 nitrogen and oxygen atoms in total. The minimum atomic E-state index is -0.925. The molecule has 0 amide bonds. The highest BCUT2D eigenvalue weighted by molar-refractivity contribution is 6.30. The number of aryl methyl sites for hydroxylation is 1. The van der Waals surface area contributed by atoms with Crippen LogP contribution in [0, 0.1) is 0 Å². The first-order chi connectivity index (χ1) is 14.5. The van der Waals surface area contributed by atoms with Crippen molar-refractivity contribution in [2.24, 2.45) is 7.05 Å². The van der Waals surface area contributed by atoms with Crippen LogP contribution in [0.2, 0.25) is 5.02 Å². The Morgan fingerprint density at radius 2 is 1.80 bits per heavy atom. The third-order valence-corrected chi connectivity index (χ3v) is 4.95. The number of hydrogen-bond acceptors (Lipinski definition) is 6. The van der Waals surface area contributed by atoms with Gasteiger partial charge in [-0.25, -0.2) is 4.98 Å². The number of benzene rings is 2. The van der Waals surface area contributed by atoms with Crippen LogP contribution < -0.4 is 9.64 Å².